The van der Waals surface area contributed by atoms with E-state index in [2.05, 4.69) is 18.0 Å². The molecule has 1 nitrogen and oxygen atoms in total. The van der Waals surface area contributed by atoms with E-state index >= 15 is 0 Å². The molecule has 0 amide bonds. The molecule has 1 unspecified atom stereocenters. The number of likely N-dealkylation sites (tertiary alicyclic amines) is 1. The Kier molecular flexibility index (Phi) is 5.06. The summed E-state index contributed by atoms with van der Waals surface area (Å²) in [6.45, 7) is 5.86. The fraction of sp³-hybridized carbons (Fsp3) is 0.391. The van der Waals surface area contributed by atoms with Gasteiger partial charge < -0.3 is 4.90 Å². The molecular weight excluding hydrogens is 398 g/mol. The number of piperidine rings is 1. The number of thioether (sulfide) groups is 1. The molecule has 2 aliphatic heterocycles. The van der Waals surface area contributed by atoms with Crippen molar-refractivity contribution < 1.29 is 17.6 Å². The van der Waals surface area contributed by atoms with Gasteiger partial charge in [-0.1, -0.05) is 29.3 Å². The van der Waals surface area contributed by atoms with Gasteiger partial charge in [0.1, 0.15) is 5.82 Å². The molecule has 2 aromatic rings. The molecule has 2 aliphatic rings. The van der Waals surface area contributed by atoms with Gasteiger partial charge in [-0.3, -0.25) is 0 Å². The van der Waals surface area contributed by atoms with Crippen LogP contribution in [0.4, 0.5) is 17.6 Å². The van der Waals surface area contributed by atoms with Crippen LogP contribution in [0, 0.1) is 12.7 Å². The molecule has 0 aliphatic carbocycles. The zero-order valence-electron chi connectivity index (χ0n) is 16.7. The number of benzene rings is 2. The number of aryl methyl sites for hydroxylation is 1. The van der Waals surface area contributed by atoms with E-state index in [1.54, 1.807) is 11.8 Å². The van der Waals surface area contributed by atoms with Crippen LogP contribution < -0.4 is 0 Å². The maximum Gasteiger partial charge on any atom is 0.419 e. The average Bonchev–Trinajstić information content (AvgIpc) is 2.94. The van der Waals surface area contributed by atoms with E-state index in [4.69, 9.17) is 0 Å². The van der Waals surface area contributed by atoms with Gasteiger partial charge in [0.25, 0.3) is 0 Å². The molecular formula is C23H23F4NS. The molecule has 6 heteroatoms. The molecule has 0 radical (unpaired) electrons. The van der Waals surface area contributed by atoms with E-state index in [1.807, 2.05) is 26.0 Å². The van der Waals surface area contributed by atoms with E-state index < -0.39 is 22.3 Å². The highest BCUT2D eigenvalue weighted by molar-refractivity contribution is 8.01. The highest BCUT2D eigenvalue weighted by atomic mass is 32.2. The van der Waals surface area contributed by atoms with E-state index in [-0.39, 0.29) is 0 Å². The quantitative estimate of drug-likeness (QED) is 0.474. The summed E-state index contributed by atoms with van der Waals surface area (Å²) in [6, 6.07) is 9.66. The van der Waals surface area contributed by atoms with Crippen molar-refractivity contribution in [3.63, 3.8) is 0 Å². The number of fused-ring (bicyclic) bond motifs is 1. The summed E-state index contributed by atoms with van der Waals surface area (Å²) in [4.78, 5) is 3.33. The van der Waals surface area contributed by atoms with Gasteiger partial charge in [-0.25, -0.2) is 4.39 Å². The Morgan fingerprint density at radius 3 is 2.38 bits per heavy atom. The first-order chi connectivity index (χ1) is 13.6. The Labute approximate surface area is 172 Å². The molecule has 4 rings (SSSR count). The first-order valence-electron chi connectivity index (χ1n) is 9.68. The van der Waals surface area contributed by atoms with Gasteiger partial charge in [-0.15, -0.1) is 11.8 Å². The zero-order chi connectivity index (χ0) is 21.0. The van der Waals surface area contributed by atoms with Crippen molar-refractivity contribution in [3.05, 3.63) is 70.0 Å². The Hall–Kier alpha value is -1.79. The predicted molar refractivity (Wildman–Crippen MR) is 109 cm³/mol. The van der Waals surface area contributed by atoms with Crippen LogP contribution in [0.15, 0.2) is 46.9 Å². The molecule has 2 aromatic carbocycles. The second-order valence-corrected chi connectivity index (χ2v) is 9.57. The molecule has 29 heavy (non-hydrogen) atoms. The van der Waals surface area contributed by atoms with E-state index in [0.717, 1.165) is 59.7 Å². The largest absolute Gasteiger partial charge is 0.419 e. The molecule has 0 bridgehead atoms. The van der Waals surface area contributed by atoms with Gasteiger partial charge in [0.2, 0.25) is 0 Å². The van der Waals surface area contributed by atoms with Gasteiger partial charge in [0.05, 0.1) is 10.3 Å². The minimum atomic E-state index is -4.72. The second-order valence-electron chi connectivity index (χ2n) is 8.11. The van der Waals surface area contributed by atoms with E-state index in [9.17, 15) is 17.6 Å². The molecule has 0 saturated carbocycles. The normalized spacial score (nSPS) is 22.9. The van der Waals surface area contributed by atoms with Gasteiger partial charge in [0, 0.05) is 18.0 Å². The number of nitrogens with zero attached hydrogens (tertiary/aromatic N) is 1. The van der Waals surface area contributed by atoms with Crippen molar-refractivity contribution in [3.8, 4) is 0 Å². The number of alkyl halides is 3. The first-order valence-corrected chi connectivity index (χ1v) is 10.5. The molecule has 0 N–H and O–H groups in total. The van der Waals surface area contributed by atoms with Gasteiger partial charge in [-0.05, 0) is 68.6 Å². The average molecular weight is 422 g/mol. The van der Waals surface area contributed by atoms with Crippen LogP contribution in [0.3, 0.4) is 0 Å². The van der Waals surface area contributed by atoms with Crippen molar-refractivity contribution in [1.29, 1.82) is 0 Å². The summed E-state index contributed by atoms with van der Waals surface area (Å²) in [6.07, 6.45) is -2.94. The van der Waals surface area contributed by atoms with Crippen LogP contribution in [0.25, 0.3) is 5.57 Å². The molecule has 154 valence electrons. The first kappa shape index (κ1) is 20.5. The highest BCUT2D eigenvalue weighted by Crippen LogP contribution is 2.60. The lowest BCUT2D eigenvalue weighted by Gasteiger charge is -2.33. The van der Waals surface area contributed by atoms with E-state index in [1.165, 1.54) is 11.6 Å². The monoisotopic (exact) mass is 421 g/mol. The Bertz CT molecular complexity index is 985. The highest BCUT2D eigenvalue weighted by Gasteiger charge is 2.44. The fourth-order valence-electron chi connectivity index (χ4n) is 4.36. The maximum atomic E-state index is 13.9. The number of hydrogen-bond acceptors (Lipinski definition) is 2. The molecule has 1 atom stereocenters. The number of hydrogen-bond donors (Lipinski definition) is 0. The van der Waals surface area contributed by atoms with Crippen molar-refractivity contribution in [2.24, 2.45) is 0 Å². The third-order valence-electron chi connectivity index (χ3n) is 5.96. The van der Waals surface area contributed by atoms with Crippen molar-refractivity contribution in [2.75, 3.05) is 20.1 Å². The van der Waals surface area contributed by atoms with Crippen LogP contribution in [0.1, 0.15) is 42.0 Å². The molecule has 1 fully saturated rings. The van der Waals surface area contributed by atoms with Crippen LogP contribution in [0.5, 0.6) is 0 Å². The smallest absolute Gasteiger partial charge is 0.306 e. The minimum Gasteiger partial charge on any atom is -0.306 e. The van der Waals surface area contributed by atoms with Crippen LogP contribution in [-0.2, 0) is 10.9 Å². The third-order valence-corrected chi connectivity index (χ3v) is 7.39. The SMILES string of the molecule is Cc1ccc2c(c1)C(=C1CCN(C)CC1)C(C)(c1ccc(F)c(C(F)(F)F)c1)S2. The summed E-state index contributed by atoms with van der Waals surface area (Å²) in [5.74, 6) is -1.23. The lowest BCUT2D eigenvalue weighted by atomic mass is 9.81. The lowest BCUT2D eigenvalue weighted by molar-refractivity contribution is -0.140. The Balaban J connectivity index is 1.91. The summed E-state index contributed by atoms with van der Waals surface area (Å²) < 4.78 is 53.4. The van der Waals surface area contributed by atoms with Crippen LogP contribution >= 0.6 is 11.8 Å². The molecule has 0 spiro atoms. The predicted octanol–water partition coefficient (Wildman–Crippen LogP) is 6.65. The number of rotatable bonds is 1. The summed E-state index contributed by atoms with van der Waals surface area (Å²) in [5, 5.41) is 0. The van der Waals surface area contributed by atoms with Gasteiger partial charge in [-0.2, -0.15) is 13.2 Å². The summed E-state index contributed by atoms with van der Waals surface area (Å²) in [7, 11) is 2.08. The van der Waals surface area contributed by atoms with Crippen molar-refractivity contribution in [2.45, 2.75) is 42.5 Å². The maximum absolute atomic E-state index is 13.9. The summed E-state index contributed by atoms with van der Waals surface area (Å²) in [5.41, 5.74) is 3.92. The molecule has 2 heterocycles. The zero-order valence-corrected chi connectivity index (χ0v) is 17.5. The van der Waals surface area contributed by atoms with Crippen molar-refractivity contribution >= 4 is 17.3 Å². The second kappa shape index (κ2) is 7.17. The number of halogens is 4. The molecule has 1 saturated heterocycles. The van der Waals surface area contributed by atoms with E-state index in [0.29, 0.717) is 5.56 Å². The molecule has 0 aromatic heterocycles. The topological polar surface area (TPSA) is 3.24 Å². The Morgan fingerprint density at radius 2 is 1.72 bits per heavy atom. The minimum absolute atomic E-state index is 0.492. The summed E-state index contributed by atoms with van der Waals surface area (Å²) >= 11 is 1.57. The lowest BCUT2D eigenvalue weighted by Crippen LogP contribution is -2.28. The van der Waals surface area contributed by atoms with Crippen molar-refractivity contribution in [1.82, 2.24) is 4.90 Å². The van der Waals surface area contributed by atoms with Gasteiger partial charge in [0.15, 0.2) is 0 Å². The standard InChI is InChI=1S/C23H23F4NS/c1-14-4-7-20-17(12-14)21(15-8-10-28(3)11-9-15)22(2,29-20)16-5-6-19(24)18(13-16)23(25,26)27/h4-7,12-13H,8-11H2,1-3H3. The third kappa shape index (κ3) is 3.61. The van der Waals surface area contributed by atoms with Crippen LogP contribution in [0.2, 0.25) is 0 Å². The Morgan fingerprint density at radius 1 is 1.03 bits per heavy atom. The van der Waals surface area contributed by atoms with Crippen LogP contribution in [-0.4, -0.2) is 25.0 Å². The fourth-order valence-corrected chi connectivity index (χ4v) is 5.81. The van der Waals surface area contributed by atoms with Gasteiger partial charge >= 0.3 is 6.18 Å².